The smallest absolute Gasteiger partial charge is 0.249 e. The molecule has 1 aliphatic heterocycles. The minimum absolute atomic E-state index is 0.132. The first kappa shape index (κ1) is 56.9. The minimum atomic E-state index is -1.67. The SMILES string of the molecule is CCCCCCCCCCC/C=C/C[C@@H](O)[C@@H](O)[C@H](CO[C@@H]1O[C@H](CO)[C@H](O)[C@H](O)[C@H]1O)NC(=O)[C@H](O)CCCCCCCCCCCCCCCCCCCCCCC. The van der Waals surface area contributed by atoms with Crippen LogP contribution in [-0.4, -0.2) is 110 Å². The number of carbonyl (C=O) groups is 1. The average Bonchev–Trinajstić information content (AvgIpc) is 3.25. The van der Waals surface area contributed by atoms with Gasteiger partial charge in [0.2, 0.25) is 5.91 Å². The Morgan fingerprint density at radius 3 is 1.43 bits per heavy atom. The maximum Gasteiger partial charge on any atom is 0.249 e. The highest BCUT2D eigenvalue weighted by Crippen LogP contribution is 2.23. The Hall–Kier alpha value is -1.15. The van der Waals surface area contributed by atoms with Gasteiger partial charge in [-0.1, -0.05) is 212 Å². The first-order valence-corrected chi connectivity index (χ1v) is 25.1. The molecule has 0 saturated carbocycles. The number of ether oxygens (including phenoxy) is 2. The minimum Gasteiger partial charge on any atom is -0.394 e. The average molecular weight is 858 g/mol. The van der Waals surface area contributed by atoms with Crippen molar-refractivity contribution in [3.63, 3.8) is 0 Å². The summed E-state index contributed by atoms with van der Waals surface area (Å²) in [5, 5.41) is 75.6. The number of hydrogen-bond acceptors (Lipinski definition) is 10. The van der Waals surface area contributed by atoms with E-state index in [0.29, 0.717) is 6.42 Å². The summed E-state index contributed by atoms with van der Waals surface area (Å²) in [6.07, 6.45) is 31.4. The third-order valence-electron chi connectivity index (χ3n) is 12.3. The number of allylic oxidation sites excluding steroid dienone is 1. The fourth-order valence-electron chi connectivity index (χ4n) is 8.14. The molecule has 1 fully saturated rings. The van der Waals surface area contributed by atoms with Gasteiger partial charge in [0.05, 0.1) is 25.4 Å². The maximum absolute atomic E-state index is 13.1. The monoisotopic (exact) mass is 858 g/mol. The van der Waals surface area contributed by atoms with Crippen molar-refractivity contribution in [2.45, 2.75) is 281 Å². The fourth-order valence-corrected chi connectivity index (χ4v) is 8.14. The van der Waals surface area contributed by atoms with E-state index in [0.717, 1.165) is 38.5 Å². The Morgan fingerprint density at radius 1 is 0.583 bits per heavy atom. The van der Waals surface area contributed by atoms with Gasteiger partial charge in [-0.05, 0) is 25.7 Å². The topological polar surface area (TPSA) is 189 Å². The molecule has 11 nitrogen and oxygen atoms in total. The van der Waals surface area contributed by atoms with Crippen LogP contribution in [0.1, 0.15) is 226 Å². The van der Waals surface area contributed by atoms with Crippen molar-refractivity contribution in [3.05, 3.63) is 12.2 Å². The number of aliphatic hydroxyl groups excluding tert-OH is 7. The Morgan fingerprint density at radius 2 is 1.00 bits per heavy atom. The van der Waals surface area contributed by atoms with Crippen molar-refractivity contribution in [2.75, 3.05) is 13.2 Å². The molecule has 60 heavy (non-hydrogen) atoms. The maximum atomic E-state index is 13.1. The van der Waals surface area contributed by atoms with E-state index in [1.807, 2.05) is 12.2 Å². The highest BCUT2D eigenvalue weighted by molar-refractivity contribution is 5.80. The van der Waals surface area contributed by atoms with E-state index in [-0.39, 0.29) is 12.8 Å². The molecule has 0 bridgehead atoms. The second kappa shape index (κ2) is 39.4. The van der Waals surface area contributed by atoms with E-state index >= 15 is 0 Å². The molecule has 1 saturated heterocycles. The summed E-state index contributed by atoms with van der Waals surface area (Å²) in [6, 6.07) is -1.19. The molecule has 0 aromatic rings. The van der Waals surface area contributed by atoms with Gasteiger partial charge in [0.25, 0.3) is 0 Å². The van der Waals surface area contributed by atoms with Crippen molar-refractivity contribution in [1.82, 2.24) is 5.32 Å². The second-order valence-electron chi connectivity index (χ2n) is 17.9. The van der Waals surface area contributed by atoms with Crippen LogP contribution in [0.25, 0.3) is 0 Å². The molecule has 0 aromatic carbocycles. The highest BCUT2D eigenvalue weighted by Gasteiger charge is 2.44. The molecule has 0 radical (unpaired) electrons. The van der Waals surface area contributed by atoms with Gasteiger partial charge >= 0.3 is 0 Å². The number of unbranched alkanes of at least 4 members (excludes halogenated alkanes) is 29. The van der Waals surface area contributed by atoms with Crippen LogP contribution in [0.4, 0.5) is 0 Å². The molecule has 0 unspecified atom stereocenters. The number of hydrogen-bond donors (Lipinski definition) is 8. The summed E-state index contributed by atoms with van der Waals surface area (Å²) >= 11 is 0. The molecule has 8 N–H and O–H groups in total. The van der Waals surface area contributed by atoms with Gasteiger partial charge < -0.3 is 50.5 Å². The van der Waals surface area contributed by atoms with Crippen LogP contribution in [0.5, 0.6) is 0 Å². The lowest BCUT2D eigenvalue weighted by molar-refractivity contribution is -0.303. The number of carbonyl (C=O) groups excluding carboxylic acids is 1. The zero-order chi connectivity index (χ0) is 44.1. The molecule has 1 amide bonds. The van der Waals surface area contributed by atoms with Crippen molar-refractivity contribution in [3.8, 4) is 0 Å². The van der Waals surface area contributed by atoms with Crippen LogP contribution in [0, 0.1) is 0 Å². The van der Waals surface area contributed by atoms with Gasteiger partial charge in [0, 0.05) is 0 Å². The Labute approximate surface area is 366 Å². The van der Waals surface area contributed by atoms with Crippen LogP contribution >= 0.6 is 0 Å². The quantitative estimate of drug-likeness (QED) is 0.0218. The lowest BCUT2D eigenvalue weighted by Crippen LogP contribution is -2.60. The zero-order valence-electron chi connectivity index (χ0n) is 38.5. The van der Waals surface area contributed by atoms with Crippen LogP contribution < -0.4 is 5.32 Å². The molecule has 9 atom stereocenters. The van der Waals surface area contributed by atoms with E-state index in [1.165, 1.54) is 154 Å². The van der Waals surface area contributed by atoms with Gasteiger partial charge in [0.1, 0.15) is 36.6 Å². The summed E-state index contributed by atoms with van der Waals surface area (Å²) in [5.74, 6) is -0.710. The van der Waals surface area contributed by atoms with Gasteiger partial charge in [0.15, 0.2) is 6.29 Å². The summed E-state index contributed by atoms with van der Waals surface area (Å²) in [5.41, 5.74) is 0. The number of nitrogens with one attached hydrogen (secondary N) is 1. The van der Waals surface area contributed by atoms with Crippen LogP contribution in [0.15, 0.2) is 12.2 Å². The van der Waals surface area contributed by atoms with Crippen LogP contribution in [0.3, 0.4) is 0 Å². The molecule has 356 valence electrons. The predicted octanol–water partition coefficient (Wildman–Crippen LogP) is 8.84. The van der Waals surface area contributed by atoms with Crippen molar-refractivity contribution < 1.29 is 50.0 Å². The van der Waals surface area contributed by atoms with Crippen LogP contribution in [0.2, 0.25) is 0 Å². The van der Waals surface area contributed by atoms with E-state index in [9.17, 15) is 40.5 Å². The largest absolute Gasteiger partial charge is 0.394 e. The first-order valence-electron chi connectivity index (χ1n) is 25.1. The number of amides is 1. The van der Waals surface area contributed by atoms with Gasteiger partial charge in [-0.2, -0.15) is 0 Å². The molecule has 11 heteroatoms. The molecule has 0 aromatic heterocycles. The summed E-state index contributed by atoms with van der Waals surface area (Å²) in [6.45, 7) is 3.42. The van der Waals surface area contributed by atoms with Crippen molar-refractivity contribution in [2.24, 2.45) is 0 Å². The lowest BCUT2D eigenvalue weighted by Gasteiger charge is -2.40. The highest BCUT2D eigenvalue weighted by atomic mass is 16.7. The van der Waals surface area contributed by atoms with Crippen molar-refractivity contribution >= 4 is 5.91 Å². The Kier molecular flexibility index (Phi) is 37.4. The van der Waals surface area contributed by atoms with E-state index in [1.54, 1.807) is 0 Å². The molecular formula is C49H95NO10. The zero-order valence-corrected chi connectivity index (χ0v) is 38.5. The van der Waals surface area contributed by atoms with Gasteiger partial charge in [-0.25, -0.2) is 0 Å². The van der Waals surface area contributed by atoms with Crippen molar-refractivity contribution in [1.29, 1.82) is 0 Å². The third kappa shape index (κ3) is 28.5. The molecule has 0 aliphatic carbocycles. The first-order chi connectivity index (χ1) is 29.2. The number of aliphatic hydroxyl groups is 7. The normalized spacial score (nSPS) is 21.6. The summed E-state index contributed by atoms with van der Waals surface area (Å²) < 4.78 is 11.1. The molecule has 1 heterocycles. The lowest BCUT2D eigenvalue weighted by atomic mass is 9.99. The molecular weight excluding hydrogens is 763 g/mol. The van der Waals surface area contributed by atoms with E-state index in [4.69, 9.17) is 9.47 Å². The fraction of sp³-hybridized carbons (Fsp3) is 0.939. The summed E-state index contributed by atoms with van der Waals surface area (Å²) in [7, 11) is 0. The van der Waals surface area contributed by atoms with E-state index < -0.39 is 74.2 Å². The second-order valence-corrected chi connectivity index (χ2v) is 17.9. The molecule has 1 rings (SSSR count). The third-order valence-corrected chi connectivity index (χ3v) is 12.3. The summed E-state index contributed by atoms with van der Waals surface area (Å²) in [4.78, 5) is 13.1. The Bertz CT molecular complexity index is 986. The van der Waals surface area contributed by atoms with Gasteiger partial charge in [-0.15, -0.1) is 0 Å². The van der Waals surface area contributed by atoms with E-state index in [2.05, 4.69) is 19.2 Å². The Balaban J connectivity index is 2.37. The molecule has 1 aliphatic rings. The number of rotatable bonds is 42. The van der Waals surface area contributed by atoms with Gasteiger partial charge in [-0.3, -0.25) is 4.79 Å². The molecule has 0 spiro atoms. The standard InChI is InChI=1S/C49H95NO10/c1-3-5-7-9-11-13-15-17-18-19-20-21-22-23-24-25-27-29-31-33-35-37-42(53)48(58)50-40(39-59-49-47(57)46(56)45(55)43(38-51)60-49)44(54)41(52)36-34-32-30-28-26-16-14-12-10-8-6-4-2/h32,34,40-47,49,51-57H,3-31,33,35-39H2,1-2H3,(H,50,58)/b34-32+/t40-,41+,42+,43+,44-,45-,46-,47+,49+/m0/s1. The predicted molar refractivity (Wildman–Crippen MR) is 243 cm³/mol. The van der Waals surface area contributed by atoms with Crippen LogP contribution in [-0.2, 0) is 14.3 Å².